The van der Waals surface area contributed by atoms with E-state index in [4.69, 9.17) is 5.73 Å². The number of likely N-dealkylation sites (N-methyl/N-ethyl adjacent to an activating group) is 1. The van der Waals surface area contributed by atoms with Gasteiger partial charge < -0.3 is 40.9 Å². The van der Waals surface area contributed by atoms with Gasteiger partial charge in [-0.1, -0.05) is 24.3 Å². The van der Waals surface area contributed by atoms with E-state index in [1.165, 1.54) is 21.9 Å². The van der Waals surface area contributed by atoms with Crippen molar-refractivity contribution >= 4 is 23.6 Å². The molecule has 0 bridgehead atoms. The second-order valence-corrected chi connectivity index (χ2v) is 11.4. The maximum Gasteiger partial charge on any atom is 0.254 e. The number of primary amides is 1. The fourth-order valence-corrected chi connectivity index (χ4v) is 5.84. The Bertz CT molecular complexity index is 1330. The molecule has 2 aliphatic heterocycles. The zero-order chi connectivity index (χ0) is 31.1. The molecule has 0 radical (unpaired) electrons. The highest BCUT2D eigenvalue weighted by atomic mass is 16.3. The Morgan fingerprint density at radius 2 is 1.72 bits per heavy atom. The van der Waals surface area contributed by atoms with Crippen LogP contribution >= 0.6 is 0 Å². The third kappa shape index (κ3) is 7.82. The largest absolute Gasteiger partial charge is 0.504 e. The normalized spacial score (nSPS) is 18.5. The molecule has 4 rings (SSSR count). The number of nitrogens with one attached hydrogen (secondary N) is 1. The number of likely N-dealkylation sites (tertiary alicyclic amines) is 1. The highest BCUT2D eigenvalue weighted by Gasteiger charge is 2.44. The predicted molar refractivity (Wildman–Crippen MR) is 160 cm³/mol. The van der Waals surface area contributed by atoms with E-state index in [2.05, 4.69) is 10.2 Å². The topological polar surface area (TPSA) is 160 Å². The summed E-state index contributed by atoms with van der Waals surface area (Å²) in [5, 5.41) is 23.4. The van der Waals surface area contributed by atoms with Gasteiger partial charge in [0.15, 0.2) is 11.5 Å². The Labute approximate surface area is 252 Å². The van der Waals surface area contributed by atoms with Crippen molar-refractivity contribution in [3.8, 4) is 11.5 Å². The van der Waals surface area contributed by atoms with Gasteiger partial charge in [0.1, 0.15) is 0 Å². The van der Waals surface area contributed by atoms with E-state index in [0.29, 0.717) is 36.3 Å². The maximum absolute atomic E-state index is 14.0. The molecule has 2 aromatic rings. The fraction of sp³-hybridized carbons (Fsp3) is 0.484. The second kappa shape index (κ2) is 14.3. The highest BCUT2D eigenvalue weighted by molar-refractivity contribution is 6.01. The molecule has 43 heavy (non-hydrogen) atoms. The van der Waals surface area contributed by atoms with Crippen molar-refractivity contribution in [1.29, 1.82) is 0 Å². The van der Waals surface area contributed by atoms with Crippen LogP contribution in [0.15, 0.2) is 42.5 Å². The summed E-state index contributed by atoms with van der Waals surface area (Å²) < 4.78 is 0. The maximum atomic E-state index is 14.0. The Hall–Kier alpha value is -4.16. The van der Waals surface area contributed by atoms with E-state index < -0.39 is 17.9 Å². The molecule has 2 aliphatic rings. The number of fused-ring (bicyclic) bond motifs is 1. The Morgan fingerprint density at radius 3 is 2.40 bits per heavy atom. The first-order valence-electron chi connectivity index (χ1n) is 14.7. The van der Waals surface area contributed by atoms with Crippen LogP contribution in [-0.4, -0.2) is 120 Å². The third-order valence-electron chi connectivity index (χ3n) is 8.07. The number of amides is 4. The van der Waals surface area contributed by atoms with Gasteiger partial charge in [-0.3, -0.25) is 19.2 Å². The van der Waals surface area contributed by atoms with E-state index in [1.807, 2.05) is 19.0 Å². The molecule has 2 heterocycles. The molecule has 0 saturated carbocycles. The summed E-state index contributed by atoms with van der Waals surface area (Å²) in [7, 11) is 3.70. The van der Waals surface area contributed by atoms with Crippen LogP contribution in [-0.2, 0) is 14.4 Å². The number of phenols is 2. The zero-order valence-electron chi connectivity index (χ0n) is 24.9. The second-order valence-electron chi connectivity index (χ2n) is 11.4. The molecule has 2 unspecified atom stereocenters. The van der Waals surface area contributed by atoms with E-state index >= 15 is 0 Å². The van der Waals surface area contributed by atoms with E-state index in [-0.39, 0.29) is 55.3 Å². The number of carbonyl (C=O) groups is 4. The quantitative estimate of drug-likeness (QED) is 0.249. The van der Waals surface area contributed by atoms with Gasteiger partial charge in [-0.25, -0.2) is 0 Å². The molecule has 12 nitrogen and oxygen atoms in total. The Kier molecular flexibility index (Phi) is 10.6. The van der Waals surface area contributed by atoms with Crippen LogP contribution in [0.2, 0.25) is 0 Å². The standard InChI is InChI=1S/C31H42N6O6/c1-34(2)17-18-36(20-26(32)40)27(41)11-15-37-29(21-9-10-24(38)25(39)19-21)28(22-7-3-4-8-23(22)31(37)43)30(42)33-12-16-35-13-5-6-14-35/h3-4,7-10,19,28-29,38-39H,5-6,11-18,20H2,1-2H3,(H2,32,40)(H,33,42). The van der Waals surface area contributed by atoms with Crippen LogP contribution in [0.1, 0.15) is 52.7 Å². The molecule has 1 fully saturated rings. The minimum Gasteiger partial charge on any atom is -0.504 e. The minimum atomic E-state index is -0.875. The van der Waals surface area contributed by atoms with E-state index in [9.17, 15) is 29.4 Å². The molecular formula is C31H42N6O6. The van der Waals surface area contributed by atoms with Gasteiger partial charge in [0.2, 0.25) is 17.7 Å². The molecule has 1 saturated heterocycles. The van der Waals surface area contributed by atoms with Gasteiger partial charge >= 0.3 is 0 Å². The lowest BCUT2D eigenvalue weighted by Gasteiger charge is -2.42. The average molecular weight is 595 g/mol. The lowest BCUT2D eigenvalue weighted by Crippen LogP contribution is -2.49. The van der Waals surface area contributed by atoms with Crippen LogP contribution in [0.5, 0.6) is 11.5 Å². The van der Waals surface area contributed by atoms with Crippen LogP contribution in [0.3, 0.4) is 0 Å². The monoisotopic (exact) mass is 594 g/mol. The number of carbonyl (C=O) groups excluding carboxylic acids is 4. The number of nitrogens with two attached hydrogens (primary N) is 1. The molecular weight excluding hydrogens is 552 g/mol. The van der Waals surface area contributed by atoms with Crippen molar-refractivity contribution in [3.05, 3.63) is 59.2 Å². The van der Waals surface area contributed by atoms with Crippen molar-refractivity contribution < 1.29 is 29.4 Å². The lowest BCUT2D eigenvalue weighted by atomic mass is 9.79. The summed E-state index contributed by atoms with van der Waals surface area (Å²) >= 11 is 0. The molecule has 4 amide bonds. The first-order chi connectivity index (χ1) is 20.6. The zero-order valence-corrected chi connectivity index (χ0v) is 24.9. The van der Waals surface area contributed by atoms with Crippen molar-refractivity contribution in [3.63, 3.8) is 0 Å². The summed E-state index contributed by atoms with van der Waals surface area (Å²) in [6, 6.07) is 10.3. The van der Waals surface area contributed by atoms with Gasteiger partial charge in [0.05, 0.1) is 18.5 Å². The van der Waals surface area contributed by atoms with Crippen LogP contribution in [0.4, 0.5) is 0 Å². The SMILES string of the molecule is CN(C)CCN(CC(N)=O)C(=O)CCN1C(=O)c2ccccc2C(C(=O)NCCN2CCCC2)C1c1ccc(O)c(O)c1. The number of hydrogen-bond acceptors (Lipinski definition) is 8. The molecule has 0 aromatic heterocycles. The molecule has 5 N–H and O–H groups in total. The predicted octanol–water partition coefficient (Wildman–Crippen LogP) is 0.856. The third-order valence-corrected chi connectivity index (χ3v) is 8.07. The molecule has 2 aromatic carbocycles. The number of hydrogen-bond donors (Lipinski definition) is 4. The summed E-state index contributed by atoms with van der Waals surface area (Å²) in [5.74, 6) is -3.20. The average Bonchev–Trinajstić information content (AvgIpc) is 3.49. The molecule has 232 valence electrons. The van der Waals surface area contributed by atoms with E-state index in [1.54, 1.807) is 30.3 Å². The first-order valence-corrected chi connectivity index (χ1v) is 14.7. The number of nitrogens with zero attached hydrogens (tertiary/aromatic N) is 4. The number of rotatable bonds is 13. The van der Waals surface area contributed by atoms with Gasteiger partial charge in [-0.15, -0.1) is 0 Å². The summed E-state index contributed by atoms with van der Waals surface area (Å²) in [6.07, 6.45) is 2.16. The number of phenolic OH excluding ortho intramolecular Hbond substituents is 2. The van der Waals surface area contributed by atoms with Crippen LogP contribution < -0.4 is 11.1 Å². The number of aromatic hydroxyl groups is 2. The Morgan fingerprint density at radius 1 is 1.00 bits per heavy atom. The molecule has 0 spiro atoms. The number of benzene rings is 2. The van der Waals surface area contributed by atoms with Crippen molar-refractivity contribution in [2.75, 3.05) is 66.5 Å². The lowest BCUT2D eigenvalue weighted by molar-refractivity contribution is -0.135. The van der Waals surface area contributed by atoms with Gasteiger partial charge in [0, 0.05) is 44.7 Å². The first kappa shape index (κ1) is 31.8. The minimum absolute atomic E-state index is 0.0485. The fourth-order valence-electron chi connectivity index (χ4n) is 5.84. The van der Waals surface area contributed by atoms with Crippen molar-refractivity contribution in [1.82, 2.24) is 24.9 Å². The molecule has 2 atom stereocenters. The smallest absolute Gasteiger partial charge is 0.254 e. The van der Waals surface area contributed by atoms with Crippen molar-refractivity contribution in [2.45, 2.75) is 31.2 Å². The summed E-state index contributed by atoms with van der Waals surface area (Å²) in [5.41, 5.74) is 6.75. The summed E-state index contributed by atoms with van der Waals surface area (Å²) in [4.78, 5) is 59.9. The summed E-state index contributed by atoms with van der Waals surface area (Å²) in [6.45, 7) is 3.64. The molecule has 12 heteroatoms. The van der Waals surface area contributed by atoms with Gasteiger partial charge in [0.25, 0.3) is 5.91 Å². The van der Waals surface area contributed by atoms with E-state index in [0.717, 1.165) is 25.9 Å². The van der Waals surface area contributed by atoms with Gasteiger partial charge in [-0.05, 0) is 69.4 Å². The van der Waals surface area contributed by atoms with Gasteiger partial charge in [-0.2, -0.15) is 0 Å². The van der Waals surface area contributed by atoms with Crippen LogP contribution in [0, 0.1) is 0 Å². The Balaban J connectivity index is 1.66. The highest BCUT2D eigenvalue weighted by Crippen LogP contribution is 2.44. The molecule has 0 aliphatic carbocycles. The van der Waals surface area contributed by atoms with Crippen LogP contribution in [0.25, 0.3) is 0 Å². The van der Waals surface area contributed by atoms with Crippen molar-refractivity contribution in [2.24, 2.45) is 5.73 Å².